The predicted octanol–water partition coefficient (Wildman–Crippen LogP) is 6.57. The molecule has 0 radical (unpaired) electrons. The molecule has 10 heteroatoms. The quantitative estimate of drug-likeness (QED) is 0.411. The van der Waals surface area contributed by atoms with Gasteiger partial charge in [-0.25, -0.2) is 0 Å². The van der Waals surface area contributed by atoms with E-state index in [1.54, 1.807) is 36.4 Å². The molecule has 0 atom stereocenters. The first-order valence-corrected chi connectivity index (χ1v) is 11.2. The number of halogens is 3. The fourth-order valence-electron chi connectivity index (χ4n) is 3.14. The fraction of sp³-hybridized carbons (Fsp3) is 0. The van der Waals surface area contributed by atoms with Gasteiger partial charge < -0.3 is 4.42 Å². The lowest BCUT2D eigenvalue weighted by Gasteiger charge is -2.19. The van der Waals surface area contributed by atoms with Crippen LogP contribution in [0.4, 0.5) is 0 Å². The largest absolute Gasteiger partial charge is 0.457 e. The molecule has 0 bridgehead atoms. The third-order valence-corrected chi connectivity index (χ3v) is 6.49. The van der Waals surface area contributed by atoms with Crippen LogP contribution >= 0.6 is 46.6 Å². The maximum absolute atomic E-state index is 12.6. The highest BCUT2D eigenvalue weighted by atomic mass is 35.5. The van der Waals surface area contributed by atoms with Crippen molar-refractivity contribution in [3.8, 4) is 11.3 Å². The normalized spacial score (nSPS) is 17.0. The lowest BCUT2D eigenvalue weighted by molar-refractivity contribution is -0.114. The Bertz CT molecular complexity index is 1390. The van der Waals surface area contributed by atoms with Gasteiger partial charge in [0.2, 0.25) is 5.17 Å². The van der Waals surface area contributed by atoms with Gasteiger partial charge in [-0.05, 0) is 54.2 Å². The van der Waals surface area contributed by atoms with Crippen molar-refractivity contribution in [3.05, 3.63) is 86.6 Å². The van der Waals surface area contributed by atoms with Crippen LogP contribution < -0.4 is 0 Å². The molecule has 158 valence electrons. The van der Waals surface area contributed by atoms with Crippen LogP contribution in [0.2, 0.25) is 15.1 Å². The van der Waals surface area contributed by atoms with Crippen molar-refractivity contribution in [1.82, 2.24) is 5.01 Å². The van der Waals surface area contributed by atoms with Crippen molar-refractivity contribution in [2.45, 2.75) is 0 Å². The van der Waals surface area contributed by atoms with E-state index in [4.69, 9.17) is 44.6 Å². The zero-order chi connectivity index (χ0) is 22.4. The van der Waals surface area contributed by atoms with E-state index in [1.807, 2.05) is 18.2 Å². The Hall–Kier alpha value is -2.84. The molecule has 0 saturated carbocycles. The van der Waals surface area contributed by atoms with Crippen LogP contribution in [0.15, 0.2) is 74.7 Å². The number of aliphatic imine (C=N–C) groups is 1. The molecule has 3 heterocycles. The number of amidine groups is 2. The highest BCUT2D eigenvalue weighted by molar-refractivity contribution is 8.27. The third kappa shape index (κ3) is 3.78. The fourth-order valence-corrected chi connectivity index (χ4v) is 4.86. The summed E-state index contributed by atoms with van der Waals surface area (Å²) in [6.45, 7) is 0. The van der Waals surface area contributed by atoms with Crippen LogP contribution in [0.5, 0.6) is 0 Å². The van der Waals surface area contributed by atoms with Gasteiger partial charge in [-0.3, -0.25) is 10.2 Å². The van der Waals surface area contributed by atoms with Crippen molar-refractivity contribution in [3.63, 3.8) is 0 Å². The van der Waals surface area contributed by atoms with E-state index in [0.29, 0.717) is 47.9 Å². The van der Waals surface area contributed by atoms with Crippen molar-refractivity contribution in [2.75, 3.05) is 0 Å². The number of rotatable bonds is 3. The molecule has 0 unspecified atom stereocenters. The highest BCUT2D eigenvalue weighted by Gasteiger charge is 2.36. The number of furan rings is 1. The molecule has 32 heavy (non-hydrogen) atoms. The minimum Gasteiger partial charge on any atom is -0.457 e. The van der Waals surface area contributed by atoms with Gasteiger partial charge in [0.1, 0.15) is 16.6 Å². The first-order chi connectivity index (χ1) is 15.4. The van der Waals surface area contributed by atoms with Crippen LogP contribution in [0.1, 0.15) is 11.3 Å². The molecule has 2 aliphatic rings. The van der Waals surface area contributed by atoms with Crippen LogP contribution in [0.3, 0.4) is 0 Å². The molecule has 1 N–H and O–H groups in total. The number of nitrogens with one attached hydrogen (secondary N) is 1. The number of fused-ring (bicyclic) bond motifs is 1. The second kappa shape index (κ2) is 8.26. The van der Waals surface area contributed by atoms with E-state index >= 15 is 0 Å². The van der Waals surface area contributed by atoms with Crippen LogP contribution in [0, 0.1) is 5.41 Å². The SMILES string of the molecule is N=C1C(=Cc2ccc(-c3ccc(Cl)cc3Cl)o2)C(=O)N=C2SC(c3ccccc3Cl)=NN12. The molecule has 0 aliphatic carbocycles. The number of benzene rings is 2. The van der Waals surface area contributed by atoms with Gasteiger partial charge in [0, 0.05) is 16.1 Å². The Labute approximate surface area is 201 Å². The summed E-state index contributed by atoms with van der Waals surface area (Å²) in [4.78, 5) is 16.7. The van der Waals surface area contributed by atoms with Gasteiger partial charge in [-0.2, -0.15) is 15.1 Å². The van der Waals surface area contributed by atoms with Gasteiger partial charge in [0.15, 0.2) is 5.84 Å². The molecule has 2 aliphatic heterocycles. The highest BCUT2D eigenvalue weighted by Crippen LogP contribution is 2.34. The Morgan fingerprint density at radius 3 is 2.59 bits per heavy atom. The van der Waals surface area contributed by atoms with Crippen molar-refractivity contribution in [1.29, 1.82) is 5.41 Å². The Morgan fingerprint density at radius 1 is 1.00 bits per heavy atom. The number of nitrogens with zero attached hydrogens (tertiary/aromatic N) is 3. The number of hydrogen-bond acceptors (Lipinski definition) is 5. The zero-order valence-corrected chi connectivity index (χ0v) is 19.1. The monoisotopic (exact) mass is 500 g/mol. The van der Waals surface area contributed by atoms with Crippen LogP contribution in [-0.2, 0) is 4.79 Å². The van der Waals surface area contributed by atoms with Crippen LogP contribution in [0.25, 0.3) is 17.4 Å². The zero-order valence-electron chi connectivity index (χ0n) is 16.0. The van der Waals surface area contributed by atoms with Gasteiger partial charge in [0.05, 0.1) is 15.6 Å². The maximum atomic E-state index is 12.6. The second-order valence-electron chi connectivity index (χ2n) is 6.73. The van der Waals surface area contributed by atoms with E-state index in [0.717, 1.165) is 0 Å². The second-order valence-corrected chi connectivity index (χ2v) is 8.94. The van der Waals surface area contributed by atoms with Crippen molar-refractivity contribution < 1.29 is 9.21 Å². The summed E-state index contributed by atoms with van der Waals surface area (Å²) in [5, 5.41) is 16.6. The number of hydrogen-bond donors (Lipinski definition) is 1. The average molecular weight is 502 g/mol. The average Bonchev–Trinajstić information content (AvgIpc) is 3.39. The standard InChI is InChI=1S/C22H11Cl3N4O2S/c23-11-5-7-13(17(25)9-11)18-8-6-12(31-18)10-15-19(26)29-22(27-20(15)30)32-21(28-29)14-3-1-2-4-16(14)24/h1-10,26H. The Balaban J connectivity index is 1.46. The number of carbonyl (C=O) groups is 1. The number of carbonyl (C=O) groups excluding carboxylic acids is 1. The molecule has 2 aromatic carbocycles. The minimum atomic E-state index is -0.549. The van der Waals surface area contributed by atoms with E-state index in [2.05, 4.69) is 10.1 Å². The van der Waals surface area contributed by atoms with Crippen molar-refractivity contribution in [2.24, 2.45) is 10.1 Å². The Morgan fingerprint density at radius 2 is 1.81 bits per heavy atom. The molecule has 0 fully saturated rings. The smallest absolute Gasteiger partial charge is 0.283 e. The number of amides is 1. The maximum Gasteiger partial charge on any atom is 0.283 e. The van der Waals surface area contributed by atoms with E-state index < -0.39 is 5.91 Å². The molecular formula is C22H11Cl3N4O2S. The first-order valence-electron chi connectivity index (χ1n) is 9.21. The number of hydrazone groups is 1. The molecule has 1 amide bonds. The van der Waals surface area contributed by atoms with E-state index in [-0.39, 0.29) is 11.4 Å². The van der Waals surface area contributed by atoms with Crippen LogP contribution in [-0.4, -0.2) is 27.0 Å². The van der Waals surface area contributed by atoms with Gasteiger partial charge >= 0.3 is 0 Å². The van der Waals surface area contributed by atoms with Gasteiger partial charge in [0.25, 0.3) is 5.91 Å². The predicted molar refractivity (Wildman–Crippen MR) is 130 cm³/mol. The van der Waals surface area contributed by atoms with Gasteiger partial charge in [-0.1, -0.05) is 53.0 Å². The first kappa shape index (κ1) is 21.0. The molecule has 6 nitrogen and oxygen atoms in total. The summed E-state index contributed by atoms with van der Waals surface area (Å²) in [5.74, 6) is 0.233. The topological polar surface area (TPSA) is 82.0 Å². The lowest BCUT2D eigenvalue weighted by Crippen LogP contribution is -2.35. The van der Waals surface area contributed by atoms with Gasteiger partial charge in [-0.15, -0.1) is 0 Å². The Kier molecular flexibility index (Phi) is 5.43. The summed E-state index contributed by atoms with van der Waals surface area (Å²) in [6.07, 6.45) is 1.46. The molecular weight excluding hydrogens is 491 g/mol. The third-order valence-electron chi connectivity index (χ3n) is 4.67. The summed E-state index contributed by atoms with van der Waals surface area (Å²) >= 11 is 19.6. The number of thioether (sulfide) groups is 1. The molecule has 3 aromatic rings. The van der Waals surface area contributed by atoms with E-state index in [9.17, 15) is 4.79 Å². The summed E-state index contributed by atoms with van der Waals surface area (Å²) in [7, 11) is 0. The molecule has 0 saturated heterocycles. The van der Waals surface area contributed by atoms with E-state index in [1.165, 1.54) is 22.8 Å². The minimum absolute atomic E-state index is 0.0570. The van der Waals surface area contributed by atoms with Crippen molar-refractivity contribution >= 4 is 74.6 Å². The summed E-state index contributed by atoms with van der Waals surface area (Å²) in [6, 6.07) is 15.7. The lowest BCUT2D eigenvalue weighted by atomic mass is 10.1. The molecule has 1 aromatic heterocycles. The summed E-state index contributed by atoms with van der Waals surface area (Å²) < 4.78 is 5.83. The summed E-state index contributed by atoms with van der Waals surface area (Å²) in [5.41, 5.74) is 1.43. The molecule has 0 spiro atoms. The molecule has 5 rings (SSSR count).